The first kappa shape index (κ1) is 17.3. The van der Waals surface area contributed by atoms with Crippen molar-refractivity contribution in [3.8, 4) is 11.1 Å². The molecule has 3 N–H and O–H groups in total. The predicted molar refractivity (Wildman–Crippen MR) is 98.1 cm³/mol. The molecule has 0 unspecified atom stereocenters. The molecule has 6 heteroatoms. The van der Waals surface area contributed by atoms with Gasteiger partial charge in [0.05, 0.1) is 12.4 Å². The molecule has 0 aliphatic carbocycles. The Bertz CT molecular complexity index is 898. The van der Waals surface area contributed by atoms with Crippen LogP contribution >= 0.6 is 0 Å². The second kappa shape index (κ2) is 8.02. The number of benzene rings is 2. The quantitative estimate of drug-likeness (QED) is 0.713. The number of nitrogens with one attached hydrogen (secondary N) is 1. The Kier molecular flexibility index (Phi) is 5.34. The first-order valence-corrected chi connectivity index (χ1v) is 8.15. The average molecular weight is 346 g/mol. The molecule has 3 aromatic rings. The maximum absolute atomic E-state index is 12.3. The van der Waals surface area contributed by atoms with Gasteiger partial charge in [-0.3, -0.25) is 9.59 Å². The highest BCUT2D eigenvalue weighted by atomic mass is 16.2. The highest BCUT2D eigenvalue weighted by Crippen LogP contribution is 2.19. The van der Waals surface area contributed by atoms with E-state index >= 15 is 0 Å². The molecule has 0 saturated heterocycles. The molecule has 1 aromatic heterocycles. The number of aromatic nitrogens is 2. The van der Waals surface area contributed by atoms with E-state index in [9.17, 15) is 9.59 Å². The first-order chi connectivity index (χ1) is 12.6. The lowest BCUT2D eigenvalue weighted by molar-refractivity contribution is -0.119. The van der Waals surface area contributed by atoms with Crippen molar-refractivity contribution >= 4 is 11.8 Å². The molecule has 0 radical (unpaired) electrons. The SMILES string of the molecule is NC(=O)[C@H](Cc1cccc(-c2ccnnc2)c1)NC(=O)c1ccccc1. The standard InChI is InChI=1S/C20H18N4O2/c21-19(25)18(24-20(26)15-6-2-1-3-7-15)12-14-5-4-8-16(11-14)17-9-10-22-23-13-17/h1-11,13,18H,12H2,(H2,21,25)(H,24,26)/t18-/m0/s1. The third-order valence-corrected chi connectivity index (χ3v) is 3.97. The minimum absolute atomic E-state index is 0.306. The second-order valence-electron chi connectivity index (χ2n) is 5.83. The minimum Gasteiger partial charge on any atom is -0.368 e. The van der Waals surface area contributed by atoms with Gasteiger partial charge in [0.15, 0.2) is 0 Å². The summed E-state index contributed by atoms with van der Waals surface area (Å²) in [5, 5.41) is 10.3. The zero-order valence-corrected chi connectivity index (χ0v) is 14.0. The number of carbonyl (C=O) groups is 2. The molecule has 0 fully saturated rings. The molecule has 2 amide bonds. The van der Waals surface area contributed by atoms with Crippen LogP contribution in [0.25, 0.3) is 11.1 Å². The van der Waals surface area contributed by atoms with E-state index in [-0.39, 0.29) is 5.91 Å². The normalized spacial score (nSPS) is 11.5. The highest BCUT2D eigenvalue weighted by molar-refractivity contribution is 5.97. The molecule has 1 heterocycles. The fraction of sp³-hybridized carbons (Fsp3) is 0.100. The van der Waals surface area contributed by atoms with Gasteiger partial charge in [-0.05, 0) is 29.3 Å². The lowest BCUT2D eigenvalue weighted by Crippen LogP contribution is -2.45. The molecule has 6 nitrogen and oxygen atoms in total. The zero-order valence-electron chi connectivity index (χ0n) is 14.0. The van der Waals surface area contributed by atoms with Crippen LogP contribution in [0.3, 0.4) is 0 Å². The zero-order chi connectivity index (χ0) is 18.4. The second-order valence-corrected chi connectivity index (χ2v) is 5.83. The van der Waals surface area contributed by atoms with E-state index in [1.165, 1.54) is 0 Å². The monoisotopic (exact) mass is 346 g/mol. The Balaban J connectivity index is 1.76. The molecule has 130 valence electrons. The minimum atomic E-state index is -0.798. The molecule has 26 heavy (non-hydrogen) atoms. The van der Waals surface area contributed by atoms with Crippen LogP contribution in [0.2, 0.25) is 0 Å². The Morgan fingerprint density at radius 2 is 1.77 bits per heavy atom. The molecule has 0 bridgehead atoms. The van der Waals surface area contributed by atoms with E-state index < -0.39 is 11.9 Å². The van der Waals surface area contributed by atoms with Gasteiger partial charge in [-0.15, -0.1) is 0 Å². The van der Waals surface area contributed by atoms with Crippen LogP contribution in [0.1, 0.15) is 15.9 Å². The van der Waals surface area contributed by atoms with E-state index in [0.717, 1.165) is 16.7 Å². The van der Waals surface area contributed by atoms with Gasteiger partial charge in [0, 0.05) is 17.5 Å². The molecule has 0 aliphatic rings. The lowest BCUT2D eigenvalue weighted by Gasteiger charge is -2.16. The highest BCUT2D eigenvalue weighted by Gasteiger charge is 2.19. The van der Waals surface area contributed by atoms with E-state index in [2.05, 4.69) is 15.5 Å². The summed E-state index contributed by atoms with van der Waals surface area (Å²) in [7, 11) is 0. The van der Waals surface area contributed by atoms with Crippen molar-refractivity contribution in [3.05, 3.63) is 84.2 Å². The lowest BCUT2D eigenvalue weighted by atomic mass is 10.00. The van der Waals surface area contributed by atoms with E-state index in [4.69, 9.17) is 5.73 Å². The molecule has 2 aromatic carbocycles. The first-order valence-electron chi connectivity index (χ1n) is 8.15. The number of primary amides is 1. The smallest absolute Gasteiger partial charge is 0.251 e. The number of hydrogen-bond donors (Lipinski definition) is 2. The number of carbonyl (C=O) groups excluding carboxylic acids is 2. The molecule has 3 rings (SSSR count). The Labute approximate surface area is 151 Å². The number of rotatable bonds is 6. The summed E-state index contributed by atoms with van der Waals surface area (Å²) in [6.07, 6.45) is 3.59. The maximum atomic E-state index is 12.3. The molecule has 0 spiro atoms. The van der Waals surface area contributed by atoms with Crippen LogP contribution in [0.15, 0.2) is 73.1 Å². The van der Waals surface area contributed by atoms with Crippen LogP contribution < -0.4 is 11.1 Å². The Hall–Kier alpha value is -3.54. The van der Waals surface area contributed by atoms with Gasteiger partial charge in [0.1, 0.15) is 6.04 Å². The predicted octanol–water partition coefficient (Wildman–Crippen LogP) is 1.97. The summed E-state index contributed by atoms with van der Waals surface area (Å²) in [6.45, 7) is 0. The third kappa shape index (κ3) is 4.30. The van der Waals surface area contributed by atoms with Crippen LogP contribution in [-0.4, -0.2) is 28.1 Å². The van der Waals surface area contributed by atoms with Crippen molar-refractivity contribution in [2.45, 2.75) is 12.5 Å². The van der Waals surface area contributed by atoms with Crippen molar-refractivity contribution in [1.82, 2.24) is 15.5 Å². The van der Waals surface area contributed by atoms with Gasteiger partial charge in [0.25, 0.3) is 5.91 Å². The van der Waals surface area contributed by atoms with E-state index in [1.54, 1.807) is 36.7 Å². The third-order valence-electron chi connectivity index (χ3n) is 3.97. The maximum Gasteiger partial charge on any atom is 0.251 e. The summed E-state index contributed by atoms with van der Waals surface area (Å²) in [6, 6.07) is 17.5. The average Bonchev–Trinajstić information content (AvgIpc) is 2.69. The van der Waals surface area contributed by atoms with E-state index in [0.29, 0.717) is 12.0 Å². The van der Waals surface area contributed by atoms with Gasteiger partial charge >= 0.3 is 0 Å². The molecule has 0 aliphatic heterocycles. The van der Waals surface area contributed by atoms with Crippen molar-refractivity contribution < 1.29 is 9.59 Å². The van der Waals surface area contributed by atoms with Crippen molar-refractivity contribution in [2.24, 2.45) is 5.73 Å². The number of hydrogen-bond acceptors (Lipinski definition) is 4. The summed E-state index contributed by atoms with van der Waals surface area (Å²) in [5.41, 5.74) is 8.73. The fourth-order valence-corrected chi connectivity index (χ4v) is 2.63. The molecule has 1 atom stereocenters. The summed E-state index contributed by atoms with van der Waals surface area (Å²) in [5.74, 6) is -0.908. The molecular formula is C20H18N4O2. The van der Waals surface area contributed by atoms with Crippen LogP contribution in [-0.2, 0) is 11.2 Å². The molecule has 0 saturated carbocycles. The van der Waals surface area contributed by atoms with Gasteiger partial charge in [-0.2, -0.15) is 10.2 Å². The van der Waals surface area contributed by atoms with Gasteiger partial charge in [0.2, 0.25) is 5.91 Å². The van der Waals surface area contributed by atoms with Gasteiger partial charge in [-0.25, -0.2) is 0 Å². The topological polar surface area (TPSA) is 98.0 Å². The number of amides is 2. The van der Waals surface area contributed by atoms with Crippen molar-refractivity contribution in [2.75, 3.05) is 0 Å². The van der Waals surface area contributed by atoms with E-state index in [1.807, 2.05) is 36.4 Å². The Morgan fingerprint density at radius 3 is 2.46 bits per heavy atom. The van der Waals surface area contributed by atoms with Crippen molar-refractivity contribution in [3.63, 3.8) is 0 Å². The summed E-state index contributed by atoms with van der Waals surface area (Å²) < 4.78 is 0. The fourth-order valence-electron chi connectivity index (χ4n) is 2.63. The van der Waals surface area contributed by atoms with Gasteiger partial charge < -0.3 is 11.1 Å². The Morgan fingerprint density at radius 1 is 0.962 bits per heavy atom. The largest absolute Gasteiger partial charge is 0.368 e. The summed E-state index contributed by atoms with van der Waals surface area (Å²) >= 11 is 0. The number of nitrogens with zero attached hydrogens (tertiary/aromatic N) is 2. The van der Waals surface area contributed by atoms with Crippen LogP contribution in [0, 0.1) is 0 Å². The summed E-state index contributed by atoms with van der Waals surface area (Å²) in [4.78, 5) is 24.1. The van der Waals surface area contributed by atoms with Gasteiger partial charge in [-0.1, -0.05) is 42.5 Å². The molecular weight excluding hydrogens is 328 g/mol. The van der Waals surface area contributed by atoms with Crippen LogP contribution in [0.4, 0.5) is 0 Å². The van der Waals surface area contributed by atoms with Crippen LogP contribution in [0.5, 0.6) is 0 Å². The number of nitrogens with two attached hydrogens (primary N) is 1. The van der Waals surface area contributed by atoms with Crippen molar-refractivity contribution in [1.29, 1.82) is 0 Å².